The van der Waals surface area contributed by atoms with E-state index < -0.39 is 0 Å². The molecule has 7 aromatic carbocycles. The van der Waals surface area contributed by atoms with Gasteiger partial charge in [0.2, 0.25) is 0 Å². The van der Waals surface area contributed by atoms with Gasteiger partial charge in [0, 0.05) is 23.5 Å². The van der Waals surface area contributed by atoms with E-state index in [0.717, 1.165) is 6.54 Å². The lowest BCUT2D eigenvalue weighted by Gasteiger charge is -2.28. The number of benzene rings is 7. The summed E-state index contributed by atoms with van der Waals surface area (Å²) >= 11 is 0. The van der Waals surface area contributed by atoms with E-state index in [9.17, 15) is 0 Å². The monoisotopic (exact) mass is 625 g/mol. The van der Waals surface area contributed by atoms with E-state index in [1.165, 1.54) is 73.1 Å². The molecule has 0 heterocycles. The highest BCUT2D eigenvalue weighted by atomic mass is 15.1. The number of anilines is 2. The Morgan fingerprint density at radius 3 is 1.50 bits per heavy atom. The van der Waals surface area contributed by atoms with Crippen molar-refractivity contribution in [3.8, 4) is 33.4 Å². The van der Waals surface area contributed by atoms with Crippen molar-refractivity contribution in [1.82, 2.24) is 0 Å². The SMILES string of the molecule is CCC.CCN(c1ccccc1)c1ccc(C)c(-c2ccccc2)c1-c1ccccc1.Cc1cc(-c2ccccc2)c2ccccc2c1. The molecule has 0 N–H and O–H groups in total. The first-order valence-electron chi connectivity index (χ1n) is 17.2. The largest absolute Gasteiger partial charge is 0.341 e. The van der Waals surface area contributed by atoms with Gasteiger partial charge in [-0.15, -0.1) is 0 Å². The third-order valence-electron chi connectivity index (χ3n) is 8.28. The second-order valence-electron chi connectivity index (χ2n) is 12.1. The van der Waals surface area contributed by atoms with Crippen LogP contribution in [-0.4, -0.2) is 6.54 Å². The lowest BCUT2D eigenvalue weighted by Crippen LogP contribution is -2.17. The molecule has 7 rings (SSSR count). The molecular weight excluding hydrogens is 579 g/mol. The van der Waals surface area contributed by atoms with Crippen molar-refractivity contribution >= 4 is 22.1 Å². The average Bonchev–Trinajstić information content (AvgIpc) is 3.14. The maximum atomic E-state index is 2.40. The molecule has 0 aliphatic carbocycles. The van der Waals surface area contributed by atoms with Crippen molar-refractivity contribution < 1.29 is 0 Å². The summed E-state index contributed by atoms with van der Waals surface area (Å²) in [5.74, 6) is 0. The molecule has 0 saturated carbocycles. The average molecular weight is 626 g/mol. The van der Waals surface area contributed by atoms with Crippen LogP contribution in [0.4, 0.5) is 11.4 Å². The Morgan fingerprint density at radius 2 is 0.938 bits per heavy atom. The fourth-order valence-corrected chi connectivity index (χ4v) is 6.21. The Kier molecular flexibility index (Phi) is 12.0. The third-order valence-corrected chi connectivity index (χ3v) is 8.28. The van der Waals surface area contributed by atoms with Gasteiger partial charge in [-0.25, -0.2) is 0 Å². The molecule has 240 valence electrons. The molecule has 0 radical (unpaired) electrons. The third kappa shape index (κ3) is 8.11. The van der Waals surface area contributed by atoms with Crippen molar-refractivity contribution in [2.24, 2.45) is 0 Å². The Labute approximate surface area is 288 Å². The number of aryl methyl sites for hydroxylation is 2. The molecule has 0 aliphatic rings. The van der Waals surface area contributed by atoms with Crippen LogP contribution in [0.3, 0.4) is 0 Å². The van der Waals surface area contributed by atoms with Crippen LogP contribution in [0.5, 0.6) is 0 Å². The molecule has 0 fully saturated rings. The summed E-state index contributed by atoms with van der Waals surface area (Å²) in [5, 5.41) is 2.63. The summed E-state index contributed by atoms with van der Waals surface area (Å²) in [7, 11) is 0. The molecule has 48 heavy (non-hydrogen) atoms. The molecule has 0 saturated heterocycles. The van der Waals surface area contributed by atoms with Gasteiger partial charge in [-0.1, -0.05) is 172 Å². The van der Waals surface area contributed by atoms with Gasteiger partial charge in [0.25, 0.3) is 0 Å². The standard InChI is InChI=1S/C27H25N.C17H14.C3H8/c1-3-28(24-17-11-6-12-18-24)25-20-19-21(2)26(22-13-7-4-8-14-22)27(25)23-15-9-5-10-16-23;1-13-11-15-9-5-6-10-16(15)17(12-13)14-7-3-2-4-8-14;1-3-2/h4-20H,3H2,1-2H3;2-12H,1H3;3H2,1-2H3. The van der Waals surface area contributed by atoms with Crippen molar-refractivity contribution in [2.45, 2.75) is 41.0 Å². The normalized spacial score (nSPS) is 10.4. The van der Waals surface area contributed by atoms with E-state index in [-0.39, 0.29) is 0 Å². The topological polar surface area (TPSA) is 3.24 Å². The first kappa shape index (κ1) is 33.9. The van der Waals surface area contributed by atoms with Crippen LogP contribution in [0.2, 0.25) is 0 Å². The molecule has 0 amide bonds. The summed E-state index contributed by atoms with van der Waals surface area (Å²) in [4.78, 5) is 2.40. The van der Waals surface area contributed by atoms with Crippen LogP contribution >= 0.6 is 0 Å². The summed E-state index contributed by atoms with van der Waals surface area (Å²) < 4.78 is 0. The maximum absolute atomic E-state index is 2.40. The molecule has 0 unspecified atom stereocenters. The predicted octanol–water partition coefficient (Wildman–Crippen LogP) is 13.7. The van der Waals surface area contributed by atoms with Gasteiger partial charge >= 0.3 is 0 Å². The minimum Gasteiger partial charge on any atom is -0.341 e. The van der Waals surface area contributed by atoms with E-state index in [0.29, 0.717) is 0 Å². The summed E-state index contributed by atoms with van der Waals surface area (Å²) in [5.41, 5.74) is 12.7. The highest BCUT2D eigenvalue weighted by Crippen LogP contribution is 2.43. The van der Waals surface area contributed by atoms with Gasteiger partial charge in [-0.3, -0.25) is 0 Å². The fourth-order valence-electron chi connectivity index (χ4n) is 6.21. The van der Waals surface area contributed by atoms with Crippen molar-refractivity contribution in [3.05, 3.63) is 181 Å². The smallest absolute Gasteiger partial charge is 0.0496 e. The molecular formula is C47H47N. The quantitative estimate of drug-likeness (QED) is 0.178. The molecule has 1 heteroatoms. The molecule has 0 spiro atoms. The zero-order valence-corrected chi connectivity index (χ0v) is 29.0. The predicted molar refractivity (Wildman–Crippen MR) is 211 cm³/mol. The number of fused-ring (bicyclic) bond motifs is 1. The van der Waals surface area contributed by atoms with Crippen LogP contribution in [0.1, 0.15) is 38.3 Å². The Morgan fingerprint density at radius 1 is 0.458 bits per heavy atom. The van der Waals surface area contributed by atoms with Gasteiger partial charge in [0.15, 0.2) is 0 Å². The van der Waals surface area contributed by atoms with Crippen LogP contribution in [-0.2, 0) is 0 Å². The van der Waals surface area contributed by atoms with Gasteiger partial charge in [-0.05, 0) is 88.7 Å². The molecule has 7 aromatic rings. The maximum Gasteiger partial charge on any atom is 0.0496 e. The Bertz CT molecular complexity index is 2000. The molecule has 1 nitrogen and oxygen atoms in total. The van der Waals surface area contributed by atoms with Crippen LogP contribution < -0.4 is 4.90 Å². The second kappa shape index (κ2) is 17.0. The van der Waals surface area contributed by atoms with E-state index in [1.807, 2.05) is 0 Å². The van der Waals surface area contributed by atoms with Crippen molar-refractivity contribution in [2.75, 3.05) is 11.4 Å². The summed E-state index contributed by atoms with van der Waals surface area (Å²) in [6.45, 7) is 11.7. The lowest BCUT2D eigenvalue weighted by atomic mass is 9.89. The number of rotatable bonds is 6. The first-order valence-corrected chi connectivity index (χ1v) is 17.2. The molecule has 0 aliphatic heterocycles. The lowest BCUT2D eigenvalue weighted by molar-refractivity contribution is 1.02. The highest BCUT2D eigenvalue weighted by Gasteiger charge is 2.19. The molecule has 0 atom stereocenters. The first-order chi connectivity index (χ1) is 23.5. The van der Waals surface area contributed by atoms with E-state index in [2.05, 4.69) is 209 Å². The Hall–Kier alpha value is -5.40. The van der Waals surface area contributed by atoms with Gasteiger partial charge in [0.1, 0.15) is 0 Å². The fraction of sp³-hybridized carbons (Fsp3) is 0.149. The number of hydrogen-bond acceptors (Lipinski definition) is 1. The molecule has 0 aromatic heterocycles. The Balaban J connectivity index is 0.000000191. The van der Waals surface area contributed by atoms with E-state index in [1.54, 1.807) is 0 Å². The van der Waals surface area contributed by atoms with Gasteiger partial charge < -0.3 is 4.90 Å². The van der Waals surface area contributed by atoms with E-state index >= 15 is 0 Å². The second-order valence-corrected chi connectivity index (χ2v) is 12.1. The zero-order valence-electron chi connectivity index (χ0n) is 29.0. The number of hydrogen-bond donors (Lipinski definition) is 0. The minimum atomic E-state index is 0.904. The summed E-state index contributed by atoms with van der Waals surface area (Å²) in [6, 6.07) is 60.2. The highest BCUT2D eigenvalue weighted by molar-refractivity contribution is 5.97. The van der Waals surface area contributed by atoms with Gasteiger partial charge in [0.05, 0.1) is 0 Å². The van der Waals surface area contributed by atoms with Crippen LogP contribution in [0.15, 0.2) is 170 Å². The minimum absolute atomic E-state index is 0.904. The van der Waals surface area contributed by atoms with Crippen molar-refractivity contribution in [3.63, 3.8) is 0 Å². The van der Waals surface area contributed by atoms with Crippen LogP contribution in [0.25, 0.3) is 44.2 Å². The summed E-state index contributed by atoms with van der Waals surface area (Å²) in [6.07, 6.45) is 1.25. The van der Waals surface area contributed by atoms with Crippen LogP contribution in [0, 0.1) is 13.8 Å². The number of para-hydroxylation sites is 1. The zero-order chi connectivity index (χ0) is 33.7. The van der Waals surface area contributed by atoms with E-state index in [4.69, 9.17) is 0 Å². The molecule has 0 bridgehead atoms. The van der Waals surface area contributed by atoms with Gasteiger partial charge in [-0.2, -0.15) is 0 Å². The van der Waals surface area contributed by atoms with Crippen molar-refractivity contribution in [1.29, 1.82) is 0 Å². The number of nitrogens with zero attached hydrogens (tertiary/aromatic N) is 1.